The SMILES string of the molecule is C(=C/c1ccc(-c2ccccc2)cc1)/C(=C\C=C\Nc1ccc2ccccc2c1)c1cccc(-c2ccc(N(c3ccc(-c4ccccc4)cc3)c3ccc4ccccc4c3)cc2-c2ccccc2)c1. The molecule has 0 fully saturated rings. The molecule has 0 aliphatic carbocycles. The molecule has 0 aromatic heterocycles. The third-order valence-electron chi connectivity index (χ3n) is 12.9. The van der Waals surface area contributed by atoms with Gasteiger partial charge in [-0.05, 0) is 143 Å². The summed E-state index contributed by atoms with van der Waals surface area (Å²) in [5, 5.41) is 8.35. The predicted molar refractivity (Wildman–Crippen MR) is 301 cm³/mol. The molecule has 0 aliphatic rings. The fourth-order valence-corrected chi connectivity index (χ4v) is 9.27. The van der Waals surface area contributed by atoms with Crippen LogP contribution in [0.2, 0.25) is 0 Å². The van der Waals surface area contributed by atoms with Gasteiger partial charge in [0.05, 0.1) is 0 Å². The third-order valence-corrected chi connectivity index (χ3v) is 12.9. The summed E-state index contributed by atoms with van der Waals surface area (Å²) < 4.78 is 0. The number of allylic oxidation sites excluding steroid dienone is 4. The van der Waals surface area contributed by atoms with Gasteiger partial charge in [-0.1, -0.05) is 231 Å². The van der Waals surface area contributed by atoms with E-state index in [9.17, 15) is 0 Å². The van der Waals surface area contributed by atoms with Gasteiger partial charge >= 0.3 is 0 Å². The quantitative estimate of drug-likeness (QED) is 0.116. The molecule has 70 heavy (non-hydrogen) atoms. The Morgan fingerprint density at radius 1 is 0.343 bits per heavy atom. The van der Waals surface area contributed by atoms with Gasteiger partial charge in [-0.2, -0.15) is 0 Å². The number of benzene rings is 11. The topological polar surface area (TPSA) is 15.3 Å². The fraction of sp³-hybridized carbons (Fsp3) is 0. The van der Waals surface area contributed by atoms with Gasteiger partial charge in [-0.25, -0.2) is 0 Å². The van der Waals surface area contributed by atoms with E-state index in [-0.39, 0.29) is 0 Å². The van der Waals surface area contributed by atoms with E-state index < -0.39 is 0 Å². The second-order valence-corrected chi connectivity index (χ2v) is 17.5. The van der Waals surface area contributed by atoms with E-state index >= 15 is 0 Å². The van der Waals surface area contributed by atoms with E-state index in [4.69, 9.17) is 0 Å². The van der Waals surface area contributed by atoms with E-state index in [2.05, 4.69) is 301 Å². The Morgan fingerprint density at radius 2 is 0.857 bits per heavy atom. The van der Waals surface area contributed by atoms with E-state index in [1.165, 1.54) is 43.8 Å². The molecular weight excluding hydrogens is 845 g/mol. The van der Waals surface area contributed by atoms with Crippen LogP contribution in [0.5, 0.6) is 0 Å². The van der Waals surface area contributed by atoms with Gasteiger partial charge in [0.1, 0.15) is 0 Å². The summed E-state index contributed by atoms with van der Waals surface area (Å²) in [6.07, 6.45) is 10.7. The van der Waals surface area contributed by atoms with Crippen LogP contribution in [0.15, 0.2) is 291 Å². The smallest absolute Gasteiger partial charge is 0.0468 e. The van der Waals surface area contributed by atoms with Crippen molar-refractivity contribution in [2.24, 2.45) is 0 Å². The van der Waals surface area contributed by atoms with Crippen LogP contribution in [0.3, 0.4) is 0 Å². The first kappa shape index (κ1) is 43.3. The van der Waals surface area contributed by atoms with Crippen molar-refractivity contribution < 1.29 is 0 Å². The summed E-state index contributed by atoms with van der Waals surface area (Å²) in [7, 11) is 0. The monoisotopic (exact) mass is 894 g/mol. The molecule has 0 saturated carbocycles. The average Bonchev–Trinajstić information content (AvgIpc) is 3.44. The van der Waals surface area contributed by atoms with Crippen LogP contribution in [0.1, 0.15) is 11.1 Å². The zero-order valence-electron chi connectivity index (χ0n) is 38.7. The third kappa shape index (κ3) is 9.76. The second kappa shape index (κ2) is 20.3. The van der Waals surface area contributed by atoms with E-state index in [1.807, 2.05) is 6.20 Å². The molecule has 11 rings (SSSR count). The maximum Gasteiger partial charge on any atom is 0.0468 e. The first-order valence-electron chi connectivity index (χ1n) is 23.9. The summed E-state index contributed by atoms with van der Waals surface area (Å²) in [6, 6.07) is 95.7. The number of anilines is 4. The van der Waals surface area contributed by atoms with Crippen molar-refractivity contribution in [3.63, 3.8) is 0 Å². The van der Waals surface area contributed by atoms with Gasteiger partial charge in [0.2, 0.25) is 0 Å². The summed E-state index contributed by atoms with van der Waals surface area (Å²) in [6.45, 7) is 0. The standard InChI is InChI=1S/C68H50N2/c1-4-16-51(17-5-1)56-33-30-50(31-34-56)29-32-55(28-15-45-69-63-39-35-53-20-10-12-24-60(53)47-63)59-26-14-27-62(46-59)67-44-43-66(49-68(67)58-22-8-3-9-23-58)70(65-42-38-54-21-11-13-25-61(54)48-65)64-40-36-57(37-41-64)52-18-6-2-7-19-52/h1-49,69H/b32-29-,45-15+,55-28+. The molecule has 0 heterocycles. The summed E-state index contributed by atoms with van der Waals surface area (Å²) >= 11 is 0. The van der Waals surface area contributed by atoms with Crippen LogP contribution in [0.25, 0.3) is 77.7 Å². The number of nitrogens with zero attached hydrogens (tertiary/aromatic N) is 1. The minimum atomic E-state index is 1.04. The van der Waals surface area contributed by atoms with Crippen LogP contribution in [-0.4, -0.2) is 0 Å². The van der Waals surface area contributed by atoms with Gasteiger partial charge in [0.25, 0.3) is 0 Å². The largest absolute Gasteiger partial charge is 0.362 e. The maximum atomic E-state index is 3.51. The summed E-state index contributed by atoms with van der Waals surface area (Å²) in [4.78, 5) is 2.38. The molecule has 0 radical (unpaired) electrons. The van der Waals surface area contributed by atoms with Crippen molar-refractivity contribution in [2.45, 2.75) is 0 Å². The predicted octanol–water partition coefficient (Wildman–Crippen LogP) is 18.9. The van der Waals surface area contributed by atoms with Crippen molar-refractivity contribution in [1.82, 2.24) is 0 Å². The zero-order valence-corrected chi connectivity index (χ0v) is 38.7. The van der Waals surface area contributed by atoms with Gasteiger partial charge in [0, 0.05) is 28.9 Å². The Labute approximate surface area is 411 Å². The lowest BCUT2D eigenvalue weighted by Gasteiger charge is -2.27. The molecule has 2 heteroatoms. The number of hydrogen-bond donors (Lipinski definition) is 1. The van der Waals surface area contributed by atoms with Gasteiger partial charge in [-0.15, -0.1) is 0 Å². The van der Waals surface area contributed by atoms with Crippen LogP contribution < -0.4 is 10.2 Å². The highest BCUT2D eigenvalue weighted by Gasteiger charge is 2.18. The molecular formula is C68H50N2. The molecule has 0 unspecified atom stereocenters. The Balaban J connectivity index is 0.978. The Morgan fingerprint density at radius 3 is 1.53 bits per heavy atom. The van der Waals surface area contributed by atoms with Gasteiger partial charge < -0.3 is 10.2 Å². The molecule has 11 aromatic rings. The average molecular weight is 895 g/mol. The molecule has 0 aliphatic heterocycles. The van der Waals surface area contributed by atoms with Crippen LogP contribution in [-0.2, 0) is 0 Å². The summed E-state index contributed by atoms with van der Waals surface area (Å²) in [5.74, 6) is 0. The molecule has 0 bridgehead atoms. The molecule has 11 aromatic carbocycles. The lowest BCUT2D eigenvalue weighted by atomic mass is 9.91. The highest BCUT2D eigenvalue weighted by Crippen LogP contribution is 2.42. The van der Waals surface area contributed by atoms with Crippen molar-refractivity contribution >= 4 is 55.9 Å². The molecule has 0 spiro atoms. The van der Waals surface area contributed by atoms with Crippen LogP contribution >= 0.6 is 0 Å². The Hall–Kier alpha value is -9.24. The van der Waals surface area contributed by atoms with E-state index in [1.54, 1.807) is 0 Å². The van der Waals surface area contributed by atoms with Crippen molar-refractivity contribution in [1.29, 1.82) is 0 Å². The second-order valence-electron chi connectivity index (χ2n) is 17.5. The minimum absolute atomic E-state index is 1.04. The van der Waals surface area contributed by atoms with Crippen LogP contribution in [0.4, 0.5) is 22.7 Å². The number of hydrogen-bond acceptors (Lipinski definition) is 2. The zero-order chi connectivity index (χ0) is 46.9. The minimum Gasteiger partial charge on any atom is -0.362 e. The number of fused-ring (bicyclic) bond motifs is 2. The lowest BCUT2D eigenvalue weighted by molar-refractivity contribution is 1.29. The first-order valence-corrected chi connectivity index (χ1v) is 23.9. The molecule has 0 amide bonds. The molecule has 1 N–H and O–H groups in total. The number of nitrogens with one attached hydrogen (secondary N) is 1. The van der Waals surface area contributed by atoms with Crippen molar-refractivity contribution in [3.05, 3.63) is 302 Å². The Bertz CT molecular complexity index is 3650. The van der Waals surface area contributed by atoms with Crippen molar-refractivity contribution in [3.8, 4) is 44.5 Å². The van der Waals surface area contributed by atoms with Crippen LogP contribution in [0, 0.1) is 0 Å². The first-order chi connectivity index (χ1) is 34.7. The lowest BCUT2D eigenvalue weighted by Crippen LogP contribution is -2.10. The van der Waals surface area contributed by atoms with Gasteiger partial charge in [-0.3, -0.25) is 0 Å². The van der Waals surface area contributed by atoms with Crippen molar-refractivity contribution in [2.75, 3.05) is 10.2 Å². The van der Waals surface area contributed by atoms with E-state index in [0.29, 0.717) is 0 Å². The Kier molecular flexibility index (Phi) is 12.6. The highest BCUT2D eigenvalue weighted by molar-refractivity contribution is 5.93. The normalized spacial score (nSPS) is 11.7. The van der Waals surface area contributed by atoms with Gasteiger partial charge in [0.15, 0.2) is 0 Å². The molecule has 2 nitrogen and oxygen atoms in total. The maximum absolute atomic E-state index is 3.51. The highest BCUT2D eigenvalue weighted by atomic mass is 15.1. The molecule has 332 valence electrons. The fourth-order valence-electron chi connectivity index (χ4n) is 9.27. The summed E-state index contributed by atoms with van der Waals surface area (Å²) in [5.41, 5.74) is 17.0. The number of rotatable bonds is 13. The van der Waals surface area contributed by atoms with E-state index in [0.717, 1.165) is 61.7 Å². The molecule has 0 atom stereocenters. The molecule has 0 saturated heterocycles.